The minimum atomic E-state index is 0.237. The fourth-order valence-electron chi connectivity index (χ4n) is 6.56. The van der Waals surface area contributed by atoms with Crippen molar-refractivity contribution >= 4 is 5.71 Å². The van der Waals surface area contributed by atoms with E-state index in [1.54, 1.807) is 0 Å². The van der Waals surface area contributed by atoms with E-state index >= 15 is 0 Å². The molecule has 1 unspecified atom stereocenters. The first kappa shape index (κ1) is 14.9. The van der Waals surface area contributed by atoms with Crippen molar-refractivity contribution in [1.29, 1.82) is 0 Å². The van der Waals surface area contributed by atoms with Crippen molar-refractivity contribution in [3.63, 3.8) is 0 Å². The lowest BCUT2D eigenvalue weighted by atomic mass is 9.48. The molecule has 124 valence electrons. The highest BCUT2D eigenvalue weighted by Crippen LogP contribution is 2.60. The van der Waals surface area contributed by atoms with Crippen molar-refractivity contribution in [3.8, 4) is 0 Å². The van der Waals surface area contributed by atoms with Gasteiger partial charge in [-0.3, -0.25) is 0 Å². The number of hydrogen-bond acceptors (Lipinski definition) is 3. The number of ether oxygens (including phenoxy) is 1. The second kappa shape index (κ2) is 5.48. The minimum absolute atomic E-state index is 0.237. The number of quaternary nitrogens is 1. The van der Waals surface area contributed by atoms with Gasteiger partial charge in [0.05, 0.1) is 0 Å². The summed E-state index contributed by atoms with van der Waals surface area (Å²) in [5.74, 6) is 2.71. The van der Waals surface area contributed by atoms with Crippen LogP contribution in [0.5, 0.6) is 0 Å². The first-order valence-electron chi connectivity index (χ1n) is 9.27. The molecule has 4 saturated carbocycles. The van der Waals surface area contributed by atoms with Gasteiger partial charge in [-0.25, -0.2) is 0 Å². The highest BCUT2D eigenvalue weighted by atomic mass is 16.5. The van der Waals surface area contributed by atoms with Gasteiger partial charge in [0.15, 0.2) is 0 Å². The van der Waals surface area contributed by atoms with Crippen molar-refractivity contribution in [2.45, 2.75) is 64.6 Å². The van der Waals surface area contributed by atoms with E-state index in [0.717, 1.165) is 43.1 Å². The number of hydrogen-bond donors (Lipinski definition) is 2. The second-order valence-electron chi connectivity index (χ2n) is 8.84. The topological polar surface area (TPSA) is 46.3 Å². The Labute approximate surface area is 133 Å². The highest BCUT2D eigenvalue weighted by Gasteiger charge is 2.54. The summed E-state index contributed by atoms with van der Waals surface area (Å²) in [6.45, 7) is 7.32. The fourth-order valence-corrected chi connectivity index (χ4v) is 6.56. The van der Waals surface area contributed by atoms with Gasteiger partial charge >= 0.3 is 0 Å². The second-order valence-corrected chi connectivity index (χ2v) is 8.84. The van der Waals surface area contributed by atoms with Crippen LogP contribution in [0.25, 0.3) is 0 Å². The van der Waals surface area contributed by atoms with Gasteiger partial charge in [-0.05, 0) is 70.1 Å². The van der Waals surface area contributed by atoms with Gasteiger partial charge in [-0.15, -0.1) is 0 Å². The van der Waals surface area contributed by atoms with Crippen LogP contribution < -0.4 is 4.90 Å². The zero-order valence-corrected chi connectivity index (χ0v) is 14.1. The van der Waals surface area contributed by atoms with Crippen LogP contribution in [0.1, 0.15) is 52.4 Å². The number of nitrogens with zero attached hydrogens (tertiary/aromatic N) is 1. The normalized spacial score (nSPS) is 51.3. The summed E-state index contributed by atoms with van der Waals surface area (Å²) in [6.07, 6.45) is 8.81. The summed E-state index contributed by atoms with van der Waals surface area (Å²) >= 11 is 0. The van der Waals surface area contributed by atoms with E-state index in [1.165, 1.54) is 43.4 Å². The Morgan fingerprint density at radius 2 is 1.55 bits per heavy atom. The predicted molar refractivity (Wildman–Crippen MR) is 85.4 cm³/mol. The lowest BCUT2D eigenvalue weighted by Gasteiger charge is -2.56. The quantitative estimate of drug-likeness (QED) is 0.474. The van der Waals surface area contributed by atoms with E-state index in [-0.39, 0.29) is 5.41 Å². The number of oxime groups is 1. The first-order chi connectivity index (χ1) is 10.6. The largest absolute Gasteiger partial charge is 0.411 e. The summed E-state index contributed by atoms with van der Waals surface area (Å²) < 4.78 is 5.86. The summed E-state index contributed by atoms with van der Waals surface area (Å²) in [4.78, 5) is 1.54. The molecule has 4 heteroatoms. The van der Waals surface area contributed by atoms with Crippen LogP contribution in [0.4, 0.5) is 0 Å². The molecule has 0 radical (unpaired) electrons. The molecular weight excluding hydrogens is 276 g/mol. The molecule has 5 rings (SSSR count). The van der Waals surface area contributed by atoms with Gasteiger partial charge in [0.1, 0.15) is 37.6 Å². The molecule has 2 N–H and O–H groups in total. The van der Waals surface area contributed by atoms with Crippen LogP contribution >= 0.6 is 0 Å². The van der Waals surface area contributed by atoms with Crippen LogP contribution in [0.3, 0.4) is 0 Å². The zero-order valence-electron chi connectivity index (χ0n) is 14.1. The third kappa shape index (κ3) is 2.58. The fraction of sp³-hybridized carbons (Fsp3) is 0.944. The molecule has 0 spiro atoms. The van der Waals surface area contributed by atoms with Crippen molar-refractivity contribution in [1.82, 2.24) is 0 Å². The summed E-state index contributed by atoms with van der Waals surface area (Å²) in [7, 11) is 0. The predicted octanol–water partition coefficient (Wildman–Crippen LogP) is 1.73. The van der Waals surface area contributed by atoms with E-state index in [4.69, 9.17) is 4.74 Å². The maximum Gasteiger partial charge on any atom is 0.120 e. The monoisotopic (exact) mass is 307 g/mol. The standard InChI is InChI=1S/C18H30N2O2/c1-12-9-20(10-13(2)22-12)11-17(19-21)18-6-14-3-15(7-18)5-16(4-14)8-18/h12-16,21H,3-11H2,1-2H3/p+1/b19-17-/t12-,13+,14?,15?,16?,18?. The Kier molecular flexibility index (Phi) is 3.73. The molecule has 4 nitrogen and oxygen atoms in total. The molecule has 0 aromatic rings. The summed E-state index contributed by atoms with van der Waals surface area (Å²) in [5, 5.41) is 13.7. The highest BCUT2D eigenvalue weighted by molar-refractivity contribution is 5.91. The maximum atomic E-state index is 9.79. The molecule has 1 aliphatic heterocycles. The van der Waals surface area contributed by atoms with E-state index in [9.17, 15) is 5.21 Å². The van der Waals surface area contributed by atoms with Crippen LogP contribution in [-0.4, -0.2) is 42.8 Å². The van der Waals surface area contributed by atoms with Crippen LogP contribution in [-0.2, 0) is 4.74 Å². The van der Waals surface area contributed by atoms with Crippen molar-refractivity contribution < 1.29 is 14.8 Å². The lowest BCUT2D eigenvalue weighted by molar-refractivity contribution is -0.906. The molecule has 3 atom stereocenters. The third-order valence-electron chi connectivity index (χ3n) is 6.81. The van der Waals surface area contributed by atoms with Gasteiger partial charge < -0.3 is 14.8 Å². The Morgan fingerprint density at radius 1 is 1.05 bits per heavy atom. The molecule has 5 aliphatic rings. The third-order valence-corrected chi connectivity index (χ3v) is 6.81. The Balaban J connectivity index is 1.50. The van der Waals surface area contributed by atoms with Gasteiger partial charge in [0.25, 0.3) is 0 Å². The average molecular weight is 307 g/mol. The lowest BCUT2D eigenvalue weighted by Crippen LogP contribution is -3.16. The van der Waals surface area contributed by atoms with Gasteiger partial charge in [-0.2, -0.15) is 0 Å². The first-order valence-corrected chi connectivity index (χ1v) is 9.27. The van der Waals surface area contributed by atoms with E-state index in [0.29, 0.717) is 12.2 Å². The molecule has 5 fully saturated rings. The molecule has 4 bridgehead atoms. The molecule has 1 heterocycles. The smallest absolute Gasteiger partial charge is 0.120 e. The zero-order chi connectivity index (χ0) is 15.3. The number of nitrogens with one attached hydrogen (secondary N) is 1. The SMILES string of the molecule is C[C@@H]1C[NH+](C/C(=N/O)C23CC4CC(CC(C4)C2)C3)C[C@H](C)O1. The van der Waals surface area contributed by atoms with Crippen molar-refractivity contribution in [2.24, 2.45) is 28.3 Å². The average Bonchev–Trinajstić information content (AvgIpc) is 2.42. The molecule has 0 aromatic heterocycles. The van der Waals surface area contributed by atoms with Crippen molar-refractivity contribution in [2.75, 3.05) is 19.6 Å². The van der Waals surface area contributed by atoms with Crippen LogP contribution in [0.15, 0.2) is 5.16 Å². The molecule has 4 aliphatic carbocycles. The van der Waals surface area contributed by atoms with Crippen molar-refractivity contribution in [3.05, 3.63) is 0 Å². The van der Waals surface area contributed by atoms with E-state index in [1.807, 2.05) is 0 Å². The van der Waals surface area contributed by atoms with E-state index in [2.05, 4.69) is 19.0 Å². The van der Waals surface area contributed by atoms with Gasteiger partial charge in [0.2, 0.25) is 0 Å². The van der Waals surface area contributed by atoms with Crippen LogP contribution in [0, 0.1) is 23.2 Å². The Hall–Kier alpha value is -0.610. The number of morpholine rings is 1. The van der Waals surface area contributed by atoms with Gasteiger partial charge in [0, 0.05) is 5.41 Å². The Bertz CT molecular complexity index is 417. The molecule has 0 amide bonds. The van der Waals surface area contributed by atoms with Gasteiger partial charge in [-0.1, -0.05) is 5.16 Å². The summed E-state index contributed by atoms with van der Waals surface area (Å²) in [5.41, 5.74) is 1.35. The number of rotatable bonds is 3. The summed E-state index contributed by atoms with van der Waals surface area (Å²) in [6, 6.07) is 0. The Morgan fingerprint density at radius 3 is 2.00 bits per heavy atom. The molecule has 0 aromatic carbocycles. The molecular formula is C18H31N2O2+. The molecule has 1 saturated heterocycles. The molecule has 22 heavy (non-hydrogen) atoms. The van der Waals surface area contributed by atoms with Crippen LogP contribution in [0.2, 0.25) is 0 Å². The minimum Gasteiger partial charge on any atom is -0.411 e. The maximum absolute atomic E-state index is 9.79. The van der Waals surface area contributed by atoms with E-state index < -0.39 is 0 Å².